The highest BCUT2D eigenvalue weighted by molar-refractivity contribution is 5.82. The van der Waals surface area contributed by atoms with Crippen LogP contribution in [0, 0.1) is 11.3 Å². The van der Waals surface area contributed by atoms with Crippen LogP contribution >= 0.6 is 0 Å². The number of Topliss-reactive ketones (excluding diaryl/α,β-unsaturated/α-hetero) is 1. The van der Waals surface area contributed by atoms with Gasteiger partial charge < -0.3 is 19.1 Å². The molecule has 2 fully saturated rings. The second-order valence-corrected chi connectivity index (χ2v) is 9.35. The zero-order chi connectivity index (χ0) is 19.5. The van der Waals surface area contributed by atoms with Crippen molar-refractivity contribution in [1.82, 2.24) is 4.90 Å². The molecule has 4 bridgehead atoms. The topological polar surface area (TPSA) is 48.0 Å². The van der Waals surface area contributed by atoms with Crippen LogP contribution < -0.4 is 9.47 Å². The minimum atomic E-state index is -0.716. The summed E-state index contributed by atoms with van der Waals surface area (Å²) in [5.41, 5.74) is 1.72. The Kier molecular flexibility index (Phi) is 3.05. The Balaban J connectivity index is 1.72. The van der Waals surface area contributed by atoms with Gasteiger partial charge in [0.1, 0.15) is 17.5 Å². The standard InChI is InChI=1S/C23H27NO4/c1-13(25)15-12-21-7-8-23(15,27-4)20-22(21)9-10-24(2)17(21)11-14-5-6-16(26-3)19(28-20)18(14)22/h5-8,15,17,20H,9-12H2,1-4H3/t15-,17+,20-,21-,22+,23-/m1/s1. The number of carbonyl (C=O) groups excluding carboxylic acids is 1. The summed E-state index contributed by atoms with van der Waals surface area (Å²) in [4.78, 5) is 15.3. The fraction of sp³-hybridized carbons (Fsp3) is 0.609. The first-order valence-corrected chi connectivity index (χ1v) is 10.3. The minimum Gasteiger partial charge on any atom is -0.493 e. The lowest BCUT2D eigenvalue weighted by atomic mass is 9.37. The normalized spacial score (nSPS) is 44.2. The van der Waals surface area contributed by atoms with E-state index >= 15 is 0 Å². The molecule has 0 amide bonds. The molecule has 0 unspecified atom stereocenters. The van der Waals surface area contributed by atoms with Crippen LogP contribution in [-0.2, 0) is 21.4 Å². The van der Waals surface area contributed by atoms with Gasteiger partial charge in [-0.25, -0.2) is 0 Å². The quantitative estimate of drug-likeness (QED) is 0.753. The predicted molar refractivity (Wildman–Crippen MR) is 104 cm³/mol. The molecule has 2 aliphatic heterocycles. The Hall–Kier alpha value is -1.85. The van der Waals surface area contributed by atoms with E-state index in [9.17, 15) is 4.79 Å². The maximum atomic E-state index is 12.8. The first-order valence-electron chi connectivity index (χ1n) is 10.3. The molecule has 2 heterocycles. The molecule has 0 N–H and O–H groups in total. The number of carbonyl (C=O) groups is 1. The summed E-state index contributed by atoms with van der Waals surface area (Å²) in [6.45, 7) is 2.74. The third-order valence-electron chi connectivity index (χ3n) is 8.77. The Morgan fingerprint density at radius 1 is 1.29 bits per heavy atom. The molecule has 6 aliphatic rings. The van der Waals surface area contributed by atoms with Crippen LogP contribution in [0.4, 0.5) is 0 Å². The van der Waals surface area contributed by atoms with Gasteiger partial charge in [-0.1, -0.05) is 18.2 Å². The minimum absolute atomic E-state index is 0.105. The van der Waals surface area contributed by atoms with E-state index in [2.05, 4.69) is 30.2 Å². The van der Waals surface area contributed by atoms with Crippen LogP contribution in [0.25, 0.3) is 0 Å². The van der Waals surface area contributed by atoms with E-state index in [0.717, 1.165) is 37.3 Å². The van der Waals surface area contributed by atoms with Crippen LogP contribution in [-0.4, -0.2) is 56.2 Å². The van der Waals surface area contributed by atoms with Crippen molar-refractivity contribution in [2.75, 3.05) is 27.8 Å². The monoisotopic (exact) mass is 381 g/mol. The van der Waals surface area contributed by atoms with Gasteiger partial charge in [-0.05, 0) is 51.4 Å². The van der Waals surface area contributed by atoms with Gasteiger partial charge in [0.2, 0.25) is 0 Å². The number of fused-ring (bicyclic) bond motifs is 1. The lowest BCUT2D eigenvalue weighted by Gasteiger charge is -2.70. The molecule has 1 saturated carbocycles. The van der Waals surface area contributed by atoms with E-state index in [0.29, 0.717) is 6.04 Å². The summed E-state index contributed by atoms with van der Waals surface area (Å²) in [6.07, 6.45) is 7.19. The van der Waals surface area contributed by atoms with E-state index in [-0.39, 0.29) is 28.6 Å². The Labute approximate surface area is 165 Å². The molecule has 1 aromatic rings. The third kappa shape index (κ3) is 1.49. The molecular formula is C23H27NO4. The van der Waals surface area contributed by atoms with E-state index in [4.69, 9.17) is 14.2 Å². The van der Waals surface area contributed by atoms with Gasteiger partial charge in [0, 0.05) is 24.1 Å². The molecule has 6 atom stereocenters. The van der Waals surface area contributed by atoms with E-state index in [1.54, 1.807) is 21.1 Å². The number of ether oxygens (including phenoxy) is 3. The van der Waals surface area contributed by atoms with Gasteiger partial charge >= 0.3 is 0 Å². The summed E-state index contributed by atoms with van der Waals surface area (Å²) >= 11 is 0. The summed E-state index contributed by atoms with van der Waals surface area (Å²) in [7, 11) is 5.67. The molecule has 2 spiro atoms. The van der Waals surface area contributed by atoms with Gasteiger partial charge in [0.25, 0.3) is 0 Å². The number of methoxy groups -OCH3 is 2. The fourth-order valence-corrected chi connectivity index (χ4v) is 7.67. The first-order chi connectivity index (χ1) is 13.4. The van der Waals surface area contributed by atoms with Gasteiger partial charge in [-0.15, -0.1) is 0 Å². The highest BCUT2D eigenvalue weighted by Crippen LogP contribution is 2.74. The zero-order valence-electron chi connectivity index (χ0n) is 17.0. The average molecular weight is 381 g/mol. The van der Waals surface area contributed by atoms with Crippen LogP contribution in [0.3, 0.4) is 0 Å². The second-order valence-electron chi connectivity index (χ2n) is 9.35. The van der Waals surface area contributed by atoms with Gasteiger partial charge in [0.05, 0.1) is 18.4 Å². The smallest absolute Gasteiger partial charge is 0.166 e. The third-order valence-corrected chi connectivity index (χ3v) is 8.77. The van der Waals surface area contributed by atoms with Crippen molar-refractivity contribution >= 4 is 5.78 Å². The van der Waals surface area contributed by atoms with E-state index < -0.39 is 5.60 Å². The lowest BCUT2D eigenvalue weighted by Crippen LogP contribution is -2.79. The molecule has 5 nitrogen and oxygen atoms in total. The second kappa shape index (κ2) is 5.00. The molecule has 0 aromatic heterocycles. The van der Waals surface area contributed by atoms with Gasteiger partial charge in [0.15, 0.2) is 11.5 Å². The Bertz CT molecular complexity index is 941. The summed E-state index contributed by atoms with van der Waals surface area (Å²) in [6, 6.07) is 4.62. The van der Waals surface area contributed by atoms with Crippen molar-refractivity contribution in [2.45, 2.75) is 49.3 Å². The molecule has 7 rings (SSSR count). The molecule has 1 aromatic carbocycles. The van der Waals surface area contributed by atoms with E-state index in [1.807, 2.05) is 6.07 Å². The van der Waals surface area contributed by atoms with E-state index in [1.165, 1.54) is 11.1 Å². The molecule has 4 aliphatic carbocycles. The van der Waals surface area contributed by atoms with Crippen LogP contribution in [0.5, 0.6) is 11.5 Å². The number of ketones is 1. The Morgan fingerprint density at radius 3 is 2.82 bits per heavy atom. The molecule has 1 saturated heterocycles. The van der Waals surface area contributed by atoms with Crippen LogP contribution in [0.1, 0.15) is 30.9 Å². The van der Waals surface area contributed by atoms with Crippen molar-refractivity contribution in [1.29, 1.82) is 0 Å². The van der Waals surface area contributed by atoms with Gasteiger partial charge in [-0.3, -0.25) is 4.79 Å². The number of hydrogen-bond donors (Lipinski definition) is 0. The lowest BCUT2D eigenvalue weighted by molar-refractivity contribution is -0.212. The first kappa shape index (κ1) is 17.0. The average Bonchev–Trinajstić information content (AvgIpc) is 3.07. The number of likely N-dealkylation sites (tertiary alicyclic amines) is 1. The number of benzene rings is 1. The van der Waals surface area contributed by atoms with Crippen LogP contribution in [0.2, 0.25) is 0 Å². The zero-order valence-corrected chi connectivity index (χ0v) is 17.0. The maximum absolute atomic E-state index is 12.8. The number of hydrogen-bond acceptors (Lipinski definition) is 5. The summed E-state index contributed by atoms with van der Waals surface area (Å²) in [5.74, 6) is 1.68. The molecule has 0 radical (unpaired) electrons. The van der Waals surface area contributed by atoms with Crippen molar-refractivity contribution in [3.8, 4) is 11.5 Å². The van der Waals surface area contributed by atoms with Crippen molar-refractivity contribution in [3.63, 3.8) is 0 Å². The molecule has 148 valence electrons. The number of likely N-dealkylation sites (N-methyl/N-ethyl adjacent to an activating group) is 1. The van der Waals surface area contributed by atoms with Crippen molar-refractivity contribution < 1.29 is 19.0 Å². The summed E-state index contributed by atoms with van der Waals surface area (Å²) < 4.78 is 18.7. The number of nitrogens with zero attached hydrogens (tertiary/aromatic N) is 1. The molecule has 28 heavy (non-hydrogen) atoms. The number of piperidine rings is 1. The largest absolute Gasteiger partial charge is 0.493 e. The number of rotatable bonds is 3. The Morgan fingerprint density at radius 2 is 2.11 bits per heavy atom. The predicted octanol–water partition coefficient (Wildman–Crippen LogP) is 2.50. The van der Waals surface area contributed by atoms with Crippen molar-refractivity contribution in [3.05, 3.63) is 35.4 Å². The highest BCUT2D eigenvalue weighted by atomic mass is 16.6. The SMILES string of the molecule is COc1ccc2c3c1O[C@H]1[C@@]4(OC)C=C[C@@]5(C[C@@H]4C(C)=O)[C@H](C2)N(C)CC[C@]315. The van der Waals surface area contributed by atoms with Crippen LogP contribution in [0.15, 0.2) is 24.3 Å². The maximum Gasteiger partial charge on any atom is 0.166 e. The van der Waals surface area contributed by atoms with Gasteiger partial charge in [-0.2, -0.15) is 0 Å². The summed E-state index contributed by atoms with van der Waals surface area (Å²) in [5, 5.41) is 0. The molecular weight excluding hydrogens is 354 g/mol. The highest BCUT2D eigenvalue weighted by Gasteiger charge is 2.79. The molecule has 5 heteroatoms. The van der Waals surface area contributed by atoms with Crippen molar-refractivity contribution in [2.24, 2.45) is 11.3 Å². The fourth-order valence-electron chi connectivity index (χ4n) is 7.67.